The molecule has 0 atom stereocenters. The Hall–Kier alpha value is -3.37. The van der Waals surface area contributed by atoms with Crippen molar-refractivity contribution in [1.29, 1.82) is 5.26 Å². The predicted molar refractivity (Wildman–Crippen MR) is 97.6 cm³/mol. The Morgan fingerprint density at radius 3 is 2.92 bits per heavy atom. The maximum absolute atomic E-state index is 12.7. The highest BCUT2D eigenvalue weighted by molar-refractivity contribution is 7.13. The molecule has 0 saturated carbocycles. The molecule has 0 aliphatic carbocycles. The van der Waals surface area contributed by atoms with Crippen molar-refractivity contribution < 1.29 is 14.3 Å². The van der Waals surface area contributed by atoms with Gasteiger partial charge in [-0.2, -0.15) is 5.26 Å². The molecule has 2 heterocycles. The maximum atomic E-state index is 12.7. The number of aromatic nitrogens is 1. The van der Waals surface area contributed by atoms with Gasteiger partial charge < -0.3 is 14.4 Å². The monoisotopic (exact) mass is 363 g/mol. The minimum atomic E-state index is -0.233. The van der Waals surface area contributed by atoms with E-state index in [9.17, 15) is 4.79 Å². The van der Waals surface area contributed by atoms with Gasteiger partial charge in [-0.05, 0) is 36.4 Å². The third kappa shape index (κ3) is 2.87. The number of carbonyl (C=O) groups excluding carboxylic acids is 1. The van der Waals surface area contributed by atoms with Crippen LogP contribution in [0.3, 0.4) is 0 Å². The molecule has 0 spiro atoms. The summed E-state index contributed by atoms with van der Waals surface area (Å²) in [5, 5.41) is 11.5. The molecule has 0 saturated heterocycles. The van der Waals surface area contributed by atoms with Crippen molar-refractivity contribution in [3.63, 3.8) is 0 Å². The lowest BCUT2D eigenvalue weighted by Crippen LogP contribution is -2.26. The number of nitriles is 1. The lowest BCUT2D eigenvalue weighted by molar-refractivity contribution is 0.0989. The SMILES string of the molecule is CN(C(=O)c1csc(-c2ccc3c(c2)OCO3)n1)c1cccc(C#N)c1. The molecule has 1 aromatic heterocycles. The standard InChI is InChI=1S/C19H13N3O3S/c1-22(14-4-2-3-12(7-14)9-20)19(23)15-10-26-18(21-15)13-5-6-16-17(8-13)25-11-24-16/h2-8,10H,11H2,1H3. The first-order valence-corrected chi connectivity index (χ1v) is 8.67. The van der Waals surface area contributed by atoms with E-state index in [0.717, 1.165) is 10.6 Å². The molecule has 0 N–H and O–H groups in total. The highest BCUT2D eigenvalue weighted by Gasteiger charge is 2.19. The number of thiazole rings is 1. The fraction of sp³-hybridized carbons (Fsp3) is 0.105. The molecule has 2 aromatic carbocycles. The average Bonchev–Trinajstić information content (AvgIpc) is 3.35. The second kappa shape index (κ2) is 6.50. The molecule has 128 valence electrons. The average molecular weight is 363 g/mol. The van der Waals surface area contributed by atoms with Gasteiger partial charge in [0, 0.05) is 23.7 Å². The van der Waals surface area contributed by atoms with Gasteiger partial charge >= 0.3 is 0 Å². The van der Waals surface area contributed by atoms with Gasteiger partial charge in [-0.1, -0.05) is 6.07 Å². The van der Waals surface area contributed by atoms with Gasteiger partial charge in [0.25, 0.3) is 5.91 Å². The molecule has 0 fully saturated rings. The summed E-state index contributed by atoms with van der Waals surface area (Å²) in [6.45, 7) is 0.215. The normalized spacial score (nSPS) is 11.8. The second-order valence-corrected chi connectivity index (χ2v) is 6.49. The van der Waals surface area contributed by atoms with Crippen molar-refractivity contribution in [3.05, 3.63) is 59.1 Å². The number of ether oxygens (including phenoxy) is 2. The first-order valence-electron chi connectivity index (χ1n) is 7.79. The Kier molecular flexibility index (Phi) is 4.03. The number of nitrogens with zero attached hydrogens (tertiary/aromatic N) is 3. The van der Waals surface area contributed by atoms with Crippen LogP contribution in [0.2, 0.25) is 0 Å². The predicted octanol–water partition coefficient (Wildman–Crippen LogP) is 3.69. The third-order valence-electron chi connectivity index (χ3n) is 4.01. The Morgan fingerprint density at radius 1 is 1.23 bits per heavy atom. The van der Waals surface area contributed by atoms with E-state index >= 15 is 0 Å². The molecule has 3 aromatic rings. The van der Waals surface area contributed by atoms with Crippen LogP contribution in [-0.4, -0.2) is 24.7 Å². The van der Waals surface area contributed by atoms with Crippen molar-refractivity contribution in [2.45, 2.75) is 0 Å². The van der Waals surface area contributed by atoms with Crippen molar-refractivity contribution in [2.75, 3.05) is 18.7 Å². The van der Waals surface area contributed by atoms with Crippen molar-refractivity contribution in [2.24, 2.45) is 0 Å². The molecular weight excluding hydrogens is 350 g/mol. The summed E-state index contributed by atoms with van der Waals surface area (Å²) >= 11 is 1.39. The summed E-state index contributed by atoms with van der Waals surface area (Å²) in [7, 11) is 1.67. The Morgan fingerprint density at radius 2 is 2.08 bits per heavy atom. The van der Waals surface area contributed by atoms with E-state index in [2.05, 4.69) is 11.1 Å². The molecule has 0 bridgehead atoms. The zero-order valence-corrected chi connectivity index (χ0v) is 14.6. The molecule has 1 aliphatic rings. The number of benzene rings is 2. The Bertz CT molecular complexity index is 1040. The molecule has 1 aliphatic heterocycles. The van der Waals surface area contributed by atoms with Gasteiger partial charge in [0.05, 0.1) is 11.6 Å². The number of amides is 1. The zero-order chi connectivity index (χ0) is 18.1. The quantitative estimate of drug-likeness (QED) is 0.709. The van der Waals surface area contributed by atoms with Crippen LogP contribution in [0.15, 0.2) is 47.8 Å². The lowest BCUT2D eigenvalue weighted by atomic mass is 10.2. The summed E-state index contributed by atoms with van der Waals surface area (Å²) in [5.74, 6) is 1.15. The molecule has 7 heteroatoms. The molecular formula is C19H13N3O3S. The molecule has 6 nitrogen and oxygen atoms in total. The number of anilines is 1. The highest BCUT2D eigenvalue weighted by atomic mass is 32.1. The van der Waals surface area contributed by atoms with Gasteiger partial charge in [-0.15, -0.1) is 11.3 Å². The van der Waals surface area contributed by atoms with E-state index in [1.54, 1.807) is 36.7 Å². The maximum Gasteiger partial charge on any atom is 0.277 e. The van der Waals surface area contributed by atoms with Crippen molar-refractivity contribution in [1.82, 2.24) is 4.98 Å². The van der Waals surface area contributed by atoms with Crippen molar-refractivity contribution >= 4 is 22.9 Å². The molecule has 4 rings (SSSR count). The van der Waals surface area contributed by atoms with Crippen LogP contribution in [0.25, 0.3) is 10.6 Å². The van der Waals surface area contributed by atoms with Crippen LogP contribution in [0.4, 0.5) is 5.69 Å². The third-order valence-corrected chi connectivity index (χ3v) is 4.90. The first-order chi connectivity index (χ1) is 12.7. The number of fused-ring (bicyclic) bond motifs is 1. The number of carbonyl (C=O) groups is 1. The van der Waals surface area contributed by atoms with Crippen LogP contribution < -0.4 is 14.4 Å². The van der Waals surface area contributed by atoms with Crippen LogP contribution in [0, 0.1) is 11.3 Å². The summed E-state index contributed by atoms with van der Waals surface area (Å²) in [6.07, 6.45) is 0. The van der Waals surface area contributed by atoms with Crippen LogP contribution in [-0.2, 0) is 0 Å². The van der Waals surface area contributed by atoms with Crippen molar-refractivity contribution in [3.8, 4) is 28.1 Å². The summed E-state index contributed by atoms with van der Waals surface area (Å²) < 4.78 is 10.7. The van der Waals surface area contributed by atoms with Gasteiger partial charge in [0.1, 0.15) is 10.7 Å². The fourth-order valence-electron chi connectivity index (χ4n) is 2.61. The van der Waals surface area contributed by atoms with E-state index in [1.807, 2.05) is 18.2 Å². The van der Waals surface area contributed by atoms with Gasteiger partial charge in [0.15, 0.2) is 11.5 Å². The minimum absolute atomic E-state index is 0.215. The summed E-state index contributed by atoms with van der Waals surface area (Å²) in [6, 6.07) is 14.5. The van der Waals surface area contributed by atoms with Crippen LogP contribution >= 0.6 is 11.3 Å². The number of hydrogen-bond acceptors (Lipinski definition) is 6. The highest BCUT2D eigenvalue weighted by Crippen LogP contribution is 2.36. The van der Waals surface area contributed by atoms with E-state index < -0.39 is 0 Å². The van der Waals surface area contributed by atoms with Gasteiger partial charge in [-0.3, -0.25) is 4.79 Å². The largest absolute Gasteiger partial charge is 0.454 e. The second-order valence-electron chi connectivity index (χ2n) is 5.63. The molecule has 26 heavy (non-hydrogen) atoms. The van der Waals surface area contributed by atoms with E-state index in [1.165, 1.54) is 16.2 Å². The van der Waals surface area contributed by atoms with E-state index in [-0.39, 0.29) is 12.7 Å². The van der Waals surface area contributed by atoms with Gasteiger partial charge in [0.2, 0.25) is 6.79 Å². The molecule has 0 unspecified atom stereocenters. The lowest BCUT2D eigenvalue weighted by Gasteiger charge is -2.16. The Labute approximate surface area is 153 Å². The zero-order valence-electron chi connectivity index (χ0n) is 13.8. The van der Waals surface area contributed by atoms with Gasteiger partial charge in [-0.25, -0.2) is 4.98 Å². The topological polar surface area (TPSA) is 75.5 Å². The Balaban J connectivity index is 1.59. The number of hydrogen-bond donors (Lipinski definition) is 0. The fourth-order valence-corrected chi connectivity index (χ4v) is 3.40. The number of rotatable bonds is 3. The van der Waals surface area contributed by atoms with Crippen LogP contribution in [0.1, 0.15) is 16.1 Å². The summed E-state index contributed by atoms with van der Waals surface area (Å²) in [5.41, 5.74) is 2.37. The molecule has 0 radical (unpaired) electrons. The minimum Gasteiger partial charge on any atom is -0.454 e. The molecule has 1 amide bonds. The van der Waals surface area contributed by atoms with E-state index in [4.69, 9.17) is 14.7 Å². The van der Waals surface area contributed by atoms with E-state index in [0.29, 0.717) is 28.4 Å². The smallest absolute Gasteiger partial charge is 0.277 e. The van der Waals surface area contributed by atoms with Crippen LogP contribution in [0.5, 0.6) is 11.5 Å². The summed E-state index contributed by atoms with van der Waals surface area (Å²) in [4.78, 5) is 18.7. The first kappa shape index (κ1) is 16.1.